The summed E-state index contributed by atoms with van der Waals surface area (Å²) in [5, 5.41) is 16.0. The van der Waals surface area contributed by atoms with Gasteiger partial charge in [0.05, 0.1) is 29.0 Å². The van der Waals surface area contributed by atoms with E-state index in [1.165, 1.54) is 4.90 Å². The first kappa shape index (κ1) is 26.5. The molecule has 0 unspecified atom stereocenters. The van der Waals surface area contributed by atoms with Crippen molar-refractivity contribution in [1.29, 1.82) is 0 Å². The molecule has 3 aliphatic rings. The molecule has 6 rings (SSSR count). The molecule has 9 nitrogen and oxygen atoms in total. The number of imide groups is 1. The van der Waals surface area contributed by atoms with E-state index < -0.39 is 5.60 Å². The molecule has 3 aliphatic heterocycles. The van der Waals surface area contributed by atoms with E-state index in [0.29, 0.717) is 74.6 Å². The van der Waals surface area contributed by atoms with Gasteiger partial charge in [-0.1, -0.05) is 29.8 Å². The van der Waals surface area contributed by atoms with Crippen LogP contribution < -0.4 is 4.90 Å². The molecule has 0 saturated carbocycles. The zero-order valence-corrected chi connectivity index (χ0v) is 23.0. The van der Waals surface area contributed by atoms with Gasteiger partial charge in [0.25, 0.3) is 11.8 Å². The van der Waals surface area contributed by atoms with Crippen molar-refractivity contribution in [3.05, 3.63) is 82.6 Å². The Morgan fingerprint density at radius 2 is 1.68 bits per heavy atom. The lowest BCUT2D eigenvalue weighted by atomic mass is 9.83. The molecule has 0 atom stereocenters. The standard InChI is InChI=1S/C30H32ClN5O4/c31-23-7-5-22(6-8-23)30(40)11-17-34(18-12-30)27(37)21-9-15-33(16-10-21)25-4-1-3-24-26(25)29(39)36(28(24)38)20-19-35-14-2-13-32-35/h1-8,13-14,21,40H,9-12,15-20H2. The second-order valence-electron chi connectivity index (χ2n) is 10.9. The summed E-state index contributed by atoms with van der Waals surface area (Å²) in [6.07, 6.45) is 5.79. The molecule has 3 amide bonds. The quantitative estimate of drug-likeness (QED) is 0.462. The lowest BCUT2D eigenvalue weighted by Gasteiger charge is -2.41. The number of aliphatic hydroxyl groups is 1. The smallest absolute Gasteiger partial charge is 0.263 e. The van der Waals surface area contributed by atoms with Crippen LogP contribution in [0.2, 0.25) is 5.02 Å². The number of halogens is 1. The summed E-state index contributed by atoms with van der Waals surface area (Å²) in [5.41, 5.74) is 1.53. The number of rotatable bonds is 6. The number of carbonyl (C=O) groups excluding carboxylic acids is 3. The summed E-state index contributed by atoms with van der Waals surface area (Å²) in [5.74, 6) is -0.519. The van der Waals surface area contributed by atoms with Crippen LogP contribution in [-0.2, 0) is 16.9 Å². The molecule has 208 valence electrons. The Labute approximate surface area is 237 Å². The lowest BCUT2D eigenvalue weighted by Crippen LogP contribution is -2.49. The van der Waals surface area contributed by atoms with Crippen LogP contribution in [0.3, 0.4) is 0 Å². The van der Waals surface area contributed by atoms with Crippen LogP contribution in [0.4, 0.5) is 5.69 Å². The Kier molecular flexibility index (Phi) is 7.10. The van der Waals surface area contributed by atoms with Gasteiger partial charge in [-0.05, 0) is 61.6 Å². The SMILES string of the molecule is O=C(C1CCN(c2cccc3c2C(=O)N(CCn2cccn2)C3=O)CC1)N1CCC(O)(c2ccc(Cl)cc2)CC1. The van der Waals surface area contributed by atoms with Crippen molar-refractivity contribution in [3.63, 3.8) is 0 Å². The van der Waals surface area contributed by atoms with Gasteiger partial charge in [-0.25, -0.2) is 0 Å². The third-order valence-corrected chi connectivity index (χ3v) is 8.81. The highest BCUT2D eigenvalue weighted by Crippen LogP contribution is 2.36. The molecule has 1 aromatic heterocycles. The Hall–Kier alpha value is -3.69. The molecule has 1 N–H and O–H groups in total. The zero-order chi connectivity index (χ0) is 27.9. The van der Waals surface area contributed by atoms with Crippen molar-refractivity contribution in [1.82, 2.24) is 19.6 Å². The van der Waals surface area contributed by atoms with E-state index in [2.05, 4.69) is 10.00 Å². The normalized spacial score (nSPS) is 19.3. The van der Waals surface area contributed by atoms with E-state index in [1.54, 1.807) is 41.3 Å². The maximum Gasteiger partial charge on any atom is 0.263 e. The second kappa shape index (κ2) is 10.7. The summed E-state index contributed by atoms with van der Waals surface area (Å²) in [7, 11) is 0. The van der Waals surface area contributed by atoms with Gasteiger partial charge < -0.3 is 14.9 Å². The van der Waals surface area contributed by atoms with Crippen molar-refractivity contribution in [3.8, 4) is 0 Å². The summed E-state index contributed by atoms with van der Waals surface area (Å²) >= 11 is 6.00. The second-order valence-corrected chi connectivity index (χ2v) is 11.3. The number of nitrogens with zero attached hydrogens (tertiary/aromatic N) is 5. The van der Waals surface area contributed by atoms with Gasteiger partial charge >= 0.3 is 0 Å². The van der Waals surface area contributed by atoms with E-state index in [9.17, 15) is 19.5 Å². The number of anilines is 1. The van der Waals surface area contributed by atoms with Crippen molar-refractivity contribution in [2.24, 2.45) is 5.92 Å². The minimum absolute atomic E-state index is 0.0994. The summed E-state index contributed by atoms with van der Waals surface area (Å²) < 4.78 is 1.70. The van der Waals surface area contributed by atoms with Crippen LogP contribution >= 0.6 is 11.6 Å². The Morgan fingerprint density at radius 1 is 0.950 bits per heavy atom. The fourth-order valence-corrected chi connectivity index (χ4v) is 6.31. The summed E-state index contributed by atoms with van der Waals surface area (Å²) in [4.78, 5) is 45.1. The Morgan fingerprint density at radius 3 is 2.35 bits per heavy atom. The highest BCUT2D eigenvalue weighted by atomic mass is 35.5. The number of fused-ring (bicyclic) bond motifs is 1. The van der Waals surface area contributed by atoms with E-state index in [4.69, 9.17) is 11.6 Å². The van der Waals surface area contributed by atoms with Crippen molar-refractivity contribution >= 4 is 35.0 Å². The number of benzene rings is 2. The van der Waals surface area contributed by atoms with Gasteiger partial charge in [-0.2, -0.15) is 5.10 Å². The third kappa shape index (κ3) is 4.88. The first-order chi connectivity index (χ1) is 19.3. The van der Waals surface area contributed by atoms with E-state index in [1.807, 2.05) is 29.2 Å². The number of hydrogen-bond acceptors (Lipinski definition) is 6. The predicted octanol–water partition coefficient (Wildman–Crippen LogP) is 3.56. The third-order valence-electron chi connectivity index (χ3n) is 8.56. The van der Waals surface area contributed by atoms with Gasteiger partial charge in [0.1, 0.15) is 0 Å². The topological polar surface area (TPSA) is 99.0 Å². The first-order valence-corrected chi connectivity index (χ1v) is 14.2. The maximum atomic E-state index is 13.4. The number of aromatic nitrogens is 2. The molecule has 2 aromatic carbocycles. The van der Waals surface area contributed by atoms with Gasteiger partial charge in [-0.15, -0.1) is 0 Å². The lowest BCUT2D eigenvalue weighted by molar-refractivity contribution is -0.140. The molecular weight excluding hydrogens is 530 g/mol. The minimum Gasteiger partial charge on any atom is -0.385 e. The molecule has 40 heavy (non-hydrogen) atoms. The number of piperidine rings is 2. The fourth-order valence-electron chi connectivity index (χ4n) is 6.19. The van der Waals surface area contributed by atoms with E-state index in [0.717, 1.165) is 11.3 Å². The molecular formula is C30H32ClN5O4. The minimum atomic E-state index is -0.950. The van der Waals surface area contributed by atoms with Crippen LogP contribution in [-0.4, -0.2) is 75.1 Å². The monoisotopic (exact) mass is 561 g/mol. The molecule has 2 saturated heterocycles. The molecule has 0 aliphatic carbocycles. The fraction of sp³-hybridized carbons (Fsp3) is 0.400. The van der Waals surface area contributed by atoms with Crippen LogP contribution in [0.25, 0.3) is 0 Å². The van der Waals surface area contributed by atoms with E-state index >= 15 is 0 Å². The van der Waals surface area contributed by atoms with Gasteiger partial charge in [0.15, 0.2) is 0 Å². The highest BCUT2D eigenvalue weighted by molar-refractivity contribution is 6.30. The zero-order valence-electron chi connectivity index (χ0n) is 22.2. The number of carbonyl (C=O) groups is 3. The van der Waals surface area contributed by atoms with Gasteiger partial charge in [0.2, 0.25) is 5.91 Å². The maximum absolute atomic E-state index is 13.4. The number of likely N-dealkylation sites (tertiary alicyclic amines) is 1. The van der Waals surface area contributed by atoms with E-state index in [-0.39, 0.29) is 30.2 Å². The molecule has 3 aromatic rings. The molecule has 0 bridgehead atoms. The number of hydrogen-bond donors (Lipinski definition) is 1. The molecule has 0 spiro atoms. The summed E-state index contributed by atoms with van der Waals surface area (Å²) in [6.45, 7) is 2.97. The van der Waals surface area contributed by atoms with Crippen molar-refractivity contribution < 1.29 is 19.5 Å². The van der Waals surface area contributed by atoms with Gasteiger partial charge in [-0.3, -0.25) is 24.0 Å². The van der Waals surface area contributed by atoms with Crippen LogP contribution in [0.15, 0.2) is 60.9 Å². The predicted molar refractivity (Wildman–Crippen MR) is 150 cm³/mol. The molecule has 4 heterocycles. The first-order valence-electron chi connectivity index (χ1n) is 13.8. The van der Waals surface area contributed by atoms with Crippen LogP contribution in [0, 0.1) is 5.92 Å². The molecule has 0 radical (unpaired) electrons. The van der Waals surface area contributed by atoms with Crippen LogP contribution in [0.5, 0.6) is 0 Å². The van der Waals surface area contributed by atoms with Crippen molar-refractivity contribution in [2.75, 3.05) is 37.6 Å². The van der Waals surface area contributed by atoms with Crippen molar-refractivity contribution in [2.45, 2.75) is 37.8 Å². The average Bonchev–Trinajstić information content (AvgIpc) is 3.58. The summed E-state index contributed by atoms with van der Waals surface area (Å²) in [6, 6.07) is 14.5. The number of amides is 3. The molecule has 2 fully saturated rings. The molecule has 10 heteroatoms. The van der Waals surface area contributed by atoms with Gasteiger partial charge in [0, 0.05) is 56.1 Å². The Balaban J connectivity index is 1.07. The largest absolute Gasteiger partial charge is 0.385 e. The highest BCUT2D eigenvalue weighted by Gasteiger charge is 2.40. The van der Waals surface area contributed by atoms with Crippen LogP contribution in [0.1, 0.15) is 52.0 Å². The Bertz CT molecular complexity index is 1410. The average molecular weight is 562 g/mol.